The lowest BCUT2D eigenvalue weighted by Crippen LogP contribution is -2.20. The Hall–Kier alpha value is -1.57. The van der Waals surface area contributed by atoms with Crippen LogP contribution in [-0.4, -0.2) is 34.3 Å². The summed E-state index contributed by atoms with van der Waals surface area (Å²) < 4.78 is 13.3. The van der Waals surface area contributed by atoms with Crippen LogP contribution in [-0.2, 0) is 11.4 Å². The van der Waals surface area contributed by atoms with Gasteiger partial charge in [-0.25, -0.2) is 0 Å². The van der Waals surface area contributed by atoms with E-state index in [0.29, 0.717) is 12.1 Å². The smallest absolute Gasteiger partial charge is 0.304 e. The number of benzene rings is 1. The Morgan fingerprint density at radius 2 is 2.41 bits per heavy atom. The number of nitrogens with zero attached hydrogens (tertiary/aromatic N) is 2. The topological polar surface area (TPSA) is 75.8 Å². The molecule has 1 fully saturated rings. The normalized spacial score (nSPS) is 20.7. The Morgan fingerprint density at radius 3 is 2.94 bits per heavy atom. The van der Waals surface area contributed by atoms with Crippen LogP contribution < -0.4 is 0 Å². The van der Waals surface area contributed by atoms with Crippen LogP contribution in [0.4, 0.5) is 10.1 Å². The summed E-state index contributed by atoms with van der Waals surface area (Å²) in [6.07, 6.45) is -0.544. The van der Waals surface area contributed by atoms with Gasteiger partial charge in [0.2, 0.25) is 5.82 Å². The summed E-state index contributed by atoms with van der Waals surface area (Å²) in [4.78, 5) is 14.8. The van der Waals surface area contributed by atoms with Crippen molar-refractivity contribution in [3.63, 3.8) is 0 Å². The predicted molar refractivity (Wildman–Crippen MR) is 55.4 cm³/mol. The fourth-order valence-corrected chi connectivity index (χ4v) is 1.64. The zero-order valence-corrected chi connectivity index (χ0v) is 8.88. The largest absolute Gasteiger partial charge is 0.389 e. The molecule has 1 aromatic carbocycles. The molecule has 0 amide bonds. The zero-order valence-electron chi connectivity index (χ0n) is 8.88. The summed E-state index contributed by atoms with van der Waals surface area (Å²) in [6, 6.07) is 3.69. The molecular formula is C10H11FN2O4. The van der Waals surface area contributed by atoms with Crippen molar-refractivity contribution in [3.05, 3.63) is 39.7 Å². The molecule has 1 aliphatic rings. The SMILES string of the molecule is O=[N+]([O-])c1ccc(CN2C[C@@H](O)CO2)cc1F. The van der Waals surface area contributed by atoms with E-state index in [4.69, 9.17) is 4.84 Å². The maximum atomic E-state index is 13.3. The minimum Gasteiger partial charge on any atom is -0.389 e. The van der Waals surface area contributed by atoms with E-state index < -0.39 is 22.5 Å². The van der Waals surface area contributed by atoms with Crippen LogP contribution in [0, 0.1) is 15.9 Å². The van der Waals surface area contributed by atoms with Gasteiger partial charge in [-0.1, -0.05) is 6.07 Å². The van der Waals surface area contributed by atoms with Gasteiger partial charge in [-0.15, -0.1) is 0 Å². The lowest BCUT2D eigenvalue weighted by atomic mass is 10.2. The number of hydrogen-bond donors (Lipinski definition) is 1. The number of hydroxylamine groups is 2. The minimum absolute atomic E-state index is 0.218. The molecule has 0 unspecified atom stereocenters. The van der Waals surface area contributed by atoms with Crippen molar-refractivity contribution in [1.82, 2.24) is 5.06 Å². The van der Waals surface area contributed by atoms with Gasteiger partial charge in [-0.2, -0.15) is 9.45 Å². The Labute approximate surface area is 96.3 Å². The molecule has 2 rings (SSSR count). The molecule has 7 heteroatoms. The van der Waals surface area contributed by atoms with E-state index in [1.807, 2.05) is 0 Å². The first-order chi connectivity index (χ1) is 8.06. The summed E-state index contributed by atoms with van der Waals surface area (Å²) in [5, 5.41) is 21.1. The quantitative estimate of drug-likeness (QED) is 0.628. The Bertz CT molecular complexity index is 440. The summed E-state index contributed by atoms with van der Waals surface area (Å²) in [7, 11) is 0. The molecule has 0 radical (unpaired) electrons. The molecule has 1 heterocycles. The van der Waals surface area contributed by atoms with E-state index in [1.165, 1.54) is 11.1 Å². The van der Waals surface area contributed by atoms with Gasteiger partial charge in [0, 0.05) is 12.6 Å². The van der Waals surface area contributed by atoms with Gasteiger partial charge in [0.05, 0.1) is 24.2 Å². The van der Waals surface area contributed by atoms with Crippen LogP contribution in [0.15, 0.2) is 18.2 Å². The first kappa shape index (κ1) is 11.9. The maximum absolute atomic E-state index is 13.3. The van der Waals surface area contributed by atoms with Crippen molar-refractivity contribution in [2.45, 2.75) is 12.6 Å². The van der Waals surface area contributed by atoms with Gasteiger partial charge in [0.1, 0.15) is 0 Å². The zero-order chi connectivity index (χ0) is 12.4. The summed E-state index contributed by atoms with van der Waals surface area (Å²) in [6.45, 7) is 0.847. The molecule has 0 spiro atoms. The second kappa shape index (κ2) is 4.74. The van der Waals surface area contributed by atoms with E-state index in [2.05, 4.69) is 0 Å². The van der Waals surface area contributed by atoms with E-state index in [9.17, 15) is 19.6 Å². The van der Waals surface area contributed by atoms with Crippen molar-refractivity contribution in [1.29, 1.82) is 0 Å². The van der Waals surface area contributed by atoms with Gasteiger partial charge in [-0.3, -0.25) is 15.0 Å². The van der Waals surface area contributed by atoms with Crippen LogP contribution in [0.3, 0.4) is 0 Å². The highest BCUT2D eigenvalue weighted by Gasteiger charge is 2.22. The number of aliphatic hydroxyl groups excluding tert-OH is 1. The van der Waals surface area contributed by atoms with Crippen LogP contribution >= 0.6 is 0 Å². The first-order valence-corrected chi connectivity index (χ1v) is 5.05. The number of β-amino-alcohol motifs (C(OH)–C–C–N with tert-alkyl or cyclic N) is 1. The third kappa shape index (κ3) is 2.76. The number of aliphatic hydroxyl groups is 1. The average Bonchev–Trinajstić information content (AvgIpc) is 2.63. The summed E-state index contributed by atoms with van der Waals surface area (Å²) >= 11 is 0. The van der Waals surface area contributed by atoms with Crippen LogP contribution in [0.5, 0.6) is 0 Å². The Balaban J connectivity index is 2.07. The highest BCUT2D eigenvalue weighted by molar-refractivity contribution is 5.34. The van der Waals surface area contributed by atoms with Gasteiger partial charge >= 0.3 is 5.69 Å². The fraction of sp³-hybridized carbons (Fsp3) is 0.400. The highest BCUT2D eigenvalue weighted by Crippen LogP contribution is 2.19. The average molecular weight is 242 g/mol. The molecule has 0 bridgehead atoms. The monoisotopic (exact) mass is 242 g/mol. The molecule has 1 saturated heterocycles. The molecule has 6 nitrogen and oxygen atoms in total. The second-order valence-corrected chi connectivity index (χ2v) is 3.81. The lowest BCUT2D eigenvalue weighted by Gasteiger charge is -2.13. The third-order valence-corrected chi connectivity index (χ3v) is 2.43. The maximum Gasteiger partial charge on any atom is 0.304 e. The van der Waals surface area contributed by atoms with E-state index in [-0.39, 0.29) is 13.2 Å². The lowest BCUT2D eigenvalue weighted by molar-refractivity contribution is -0.387. The highest BCUT2D eigenvalue weighted by atomic mass is 19.1. The van der Waals surface area contributed by atoms with Gasteiger partial charge in [0.25, 0.3) is 0 Å². The van der Waals surface area contributed by atoms with Crippen LogP contribution in [0.25, 0.3) is 0 Å². The molecule has 0 aromatic heterocycles. The standard InChI is InChI=1S/C10H11FN2O4/c11-9-3-7(1-2-10(9)13(15)16)4-12-5-8(14)6-17-12/h1-3,8,14H,4-6H2/t8-/m1/s1. The van der Waals surface area contributed by atoms with Crippen molar-refractivity contribution < 1.29 is 19.3 Å². The van der Waals surface area contributed by atoms with Gasteiger partial charge in [0.15, 0.2) is 0 Å². The Morgan fingerprint density at radius 1 is 1.65 bits per heavy atom. The predicted octanol–water partition coefficient (Wildman–Crippen LogP) is 0.842. The summed E-state index contributed by atoms with van der Waals surface area (Å²) in [5.41, 5.74) is 0.0123. The molecule has 17 heavy (non-hydrogen) atoms. The molecule has 0 aliphatic carbocycles. The van der Waals surface area contributed by atoms with Gasteiger partial charge < -0.3 is 5.11 Å². The second-order valence-electron chi connectivity index (χ2n) is 3.81. The Kier molecular flexibility index (Phi) is 3.32. The van der Waals surface area contributed by atoms with E-state index >= 15 is 0 Å². The van der Waals surface area contributed by atoms with Crippen LogP contribution in [0.2, 0.25) is 0 Å². The molecule has 0 saturated carbocycles. The number of hydrogen-bond acceptors (Lipinski definition) is 5. The molecule has 1 atom stereocenters. The molecule has 1 N–H and O–H groups in total. The molecule has 92 valence electrons. The van der Waals surface area contributed by atoms with E-state index in [1.54, 1.807) is 0 Å². The molecular weight excluding hydrogens is 231 g/mol. The van der Waals surface area contributed by atoms with E-state index in [0.717, 1.165) is 12.1 Å². The van der Waals surface area contributed by atoms with Crippen molar-refractivity contribution in [3.8, 4) is 0 Å². The fourth-order valence-electron chi connectivity index (χ4n) is 1.64. The number of rotatable bonds is 3. The van der Waals surface area contributed by atoms with Crippen molar-refractivity contribution in [2.75, 3.05) is 13.2 Å². The van der Waals surface area contributed by atoms with Gasteiger partial charge in [-0.05, 0) is 11.6 Å². The number of nitro benzene ring substituents is 1. The molecule has 1 aliphatic heterocycles. The third-order valence-electron chi connectivity index (χ3n) is 2.43. The molecule has 1 aromatic rings. The number of halogens is 1. The van der Waals surface area contributed by atoms with Crippen LogP contribution in [0.1, 0.15) is 5.56 Å². The summed E-state index contributed by atoms with van der Waals surface area (Å²) in [5.74, 6) is -0.868. The minimum atomic E-state index is -0.868. The van der Waals surface area contributed by atoms with Crippen molar-refractivity contribution >= 4 is 5.69 Å². The number of nitro groups is 1. The first-order valence-electron chi connectivity index (χ1n) is 5.05. The van der Waals surface area contributed by atoms with Crippen molar-refractivity contribution in [2.24, 2.45) is 0 Å².